The molecule has 0 saturated carbocycles. The van der Waals surface area contributed by atoms with E-state index in [2.05, 4.69) is 5.32 Å². The molecule has 0 spiro atoms. The predicted octanol–water partition coefficient (Wildman–Crippen LogP) is -0.129. The van der Waals surface area contributed by atoms with Crippen LogP contribution in [0.5, 0.6) is 0 Å². The molecule has 5 heteroatoms. The molecule has 0 aromatic rings. The SMILES string of the molecule is NC1C=CC(C(=O)NCCCC(=O)O)C1. The minimum Gasteiger partial charge on any atom is -0.481 e. The van der Waals surface area contributed by atoms with E-state index in [1.54, 1.807) is 6.08 Å². The fraction of sp³-hybridized carbons (Fsp3) is 0.600. The van der Waals surface area contributed by atoms with Gasteiger partial charge in [0.1, 0.15) is 0 Å². The van der Waals surface area contributed by atoms with Crippen LogP contribution in [0.3, 0.4) is 0 Å². The second-order valence-electron chi connectivity index (χ2n) is 3.68. The Balaban J connectivity index is 2.14. The molecule has 0 heterocycles. The van der Waals surface area contributed by atoms with E-state index in [4.69, 9.17) is 10.8 Å². The largest absolute Gasteiger partial charge is 0.481 e. The van der Waals surface area contributed by atoms with Crippen LogP contribution in [-0.2, 0) is 9.59 Å². The van der Waals surface area contributed by atoms with E-state index in [1.165, 1.54) is 0 Å². The third kappa shape index (κ3) is 4.12. The molecule has 1 rings (SSSR count). The highest BCUT2D eigenvalue weighted by Crippen LogP contribution is 2.15. The van der Waals surface area contributed by atoms with Crippen LogP contribution < -0.4 is 11.1 Å². The lowest BCUT2D eigenvalue weighted by Crippen LogP contribution is -2.31. The summed E-state index contributed by atoms with van der Waals surface area (Å²) in [5, 5.41) is 11.1. The molecular formula is C10H16N2O3. The molecule has 1 aliphatic rings. The average Bonchev–Trinajstić information content (AvgIpc) is 2.59. The second-order valence-corrected chi connectivity index (χ2v) is 3.68. The first-order chi connectivity index (χ1) is 7.09. The maximum absolute atomic E-state index is 11.5. The van der Waals surface area contributed by atoms with Crippen LogP contribution in [0.1, 0.15) is 19.3 Å². The lowest BCUT2D eigenvalue weighted by atomic mass is 10.1. The minimum atomic E-state index is -0.841. The first kappa shape index (κ1) is 11.7. The third-order valence-electron chi connectivity index (χ3n) is 2.32. The second kappa shape index (κ2) is 5.50. The molecule has 0 saturated heterocycles. The van der Waals surface area contributed by atoms with Gasteiger partial charge in [-0.15, -0.1) is 0 Å². The monoisotopic (exact) mass is 212 g/mol. The standard InChI is InChI=1S/C10H16N2O3/c11-8-4-3-7(6-8)10(15)12-5-1-2-9(13)14/h3-4,7-8H,1-2,5-6,11H2,(H,12,15)(H,13,14). The highest BCUT2D eigenvalue weighted by molar-refractivity contribution is 5.81. The highest BCUT2D eigenvalue weighted by atomic mass is 16.4. The van der Waals surface area contributed by atoms with Gasteiger partial charge in [0.2, 0.25) is 5.91 Å². The van der Waals surface area contributed by atoms with Crippen molar-refractivity contribution in [2.45, 2.75) is 25.3 Å². The molecule has 84 valence electrons. The maximum atomic E-state index is 11.5. The van der Waals surface area contributed by atoms with Crippen molar-refractivity contribution in [1.82, 2.24) is 5.32 Å². The molecule has 0 aromatic carbocycles. The number of nitrogens with one attached hydrogen (secondary N) is 1. The van der Waals surface area contributed by atoms with Gasteiger partial charge in [-0.1, -0.05) is 12.2 Å². The highest BCUT2D eigenvalue weighted by Gasteiger charge is 2.21. The van der Waals surface area contributed by atoms with Gasteiger partial charge in [0.05, 0.1) is 5.92 Å². The summed E-state index contributed by atoms with van der Waals surface area (Å²) in [6.45, 7) is 0.407. The topological polar surface area (TPSA) is 92.4 Å². The molecule has 2 unspecified atom stereocenters. The van der Waals surface area contributed by atoms with Gasteiger partial charge < -0.3 is 16.2 Å². The molecule has 1 amide bonds. The van der Waals surface area contributed by atoms with Crippen molar-refractivity contribution < 1.29 is 14.7 Å². The summed E-state index contributed by atoms with van der Waals surface area (Å²) in [6.07, 6.45) is 4.81. The quantitative estimate of drug-likeness (QED) is 0.437. The molecule has 0 bridgehead atoms. The van der Waals surface area contributed by atoms with Gasteiger partial charge in [0.15, 0.2) is 0 Å². The Morgan fingerprint density at radius 2 is 2.20 bits per heavy atom. The molecule has 4 N–H and O–H groups in total. The number of carboxylic acids is 1. The van der Waals surface area contributed by atoms with Crippen LogP contribution in [-0.4, -0.2) is 29.6 Å². The van der Waals surface area contributed by atoms with Gasteiger partial charge >= 0.3 is 5.97 Å². The molecule has 2 atom stereocenters. The lowest BCUT2D eigenvalue weighted by Gasteiger charge is -2.09. The van der Waals surface area contributed by atoms with Crippen LogP contribution in [0.25, 0.3) is 0 Å². The normalized spacial score (nSPS) is 24.1. The van der Waals surface area contributed by atoms with Crippen molar-refractivity contribution >= 4 is 11.9 Å². The third-order valence-corrected chi connectivity index (χ3v) is 2.32. The zero-order chi connectivity index (χ0) is 11.3. The summed E-state index contributed by atoms with van der Waals surface area (Å²) in [7, 11) is 0. The molecule has 0 aromatic heterocycles. The van der Waals surface area contributed by atoms with E-state index in [1.807, 2.05) is 6.08 Å². The number of carbonyl (C=O) groups is 2. The van der Waals surface area contributed by atoms with Crippen molar-refractivity contribution in [2.24, 2.45) is 11.7 Å². The molecular weight excluding hydrogens is 196 g/mol. The number of hydrogen-bond acceptors (Lipinski definition) is 3. The summed E-state index contributed by atoms with van der Waals surface area (Å²) < 4.78 is 0. The van der Waals surface area contributed by atoms with Crippen LogP contribution >= 0.6 is 0 Å². The van der Waals surface area contributed by atoms with Gasteiger partial charge in [-0.3, -0.25) is 9.59 Å². The smallest absolute Gasteiger partial charge is 0.303 e. The maximum Gasteiger partial charge on any atom is 0.303 e. The minimum absolute atomic E-state index is 0.0280. The Hall–Kier alpha value is -1.36. The first-order valence-corrected chi connectivity index (χ1v) is 5.03. The van der Waals surface area contributed by atoms with Crippen molar-refractivity contribution in [2.75, 3.05) is 6.54 Å². The van der Waals surface area contributed by atoms with Gasteiger partial charge in [0.25, 0.3) is 0 Å². The van der Waals surface area contributed by atoms with Crippen molar-refractivity contribution in [3.63, 3.8) is 0 Å². The van der Waals surface area contributed by atoms with E-state index in [-0.39, 0.29) is 24.3 Å². The number of nitrogens with two attached hydrogens (primary N) is 1. The molecule has 5 nitrogen and oxygen atoms in total. The van der Waals surface area contributed by atoms with Crippen molar-refractivity contribution in [1.29, 1.82) is 0 Å². The Kier molecular flexibility index (Phi) is 4.30. The van der Waals surface area contributed by atoms with Crippen LogP contribution in [0, 0.1) is 5.92 Å². The number of aliphatic carboxylic acids is 1. The molecule has 0 radical (unpaired) electrons. The summed E-state index contributed by atoms with van der Waals surface area (Å²) in [4.78, 5) is 21.7. The Labute approximate surface area is 88.3 Å². The number of carboxylic acid groups (broad SMARTS) is 1. The summed E-state index contributed by atoms with van der Waals surface area (Å²) in [6, 6.07) is -0.0280. The number of amides is 1. The molecule has 15 heavy (non-hydrogen) atoms. The van der Waals surface area contributed by atoms with Gasteiger partial charge in [-0.25, -0.2) is 0 Å². The summed E-state index contributed by atoms with van der Waals surface area (Å²) in [5.74, 6) is -1.05. The van der Waals surface area contributed by atoms with Crippen LogP contribution in [0.4, 0.5) is 0 Å². The van der Waals surface area contributed by atoms with E-state index in [0.717, 1.165) is 0 Å². The zero-order valence-electron chi connectivity index (χ0n) is 8.48. The van der Waals surface area contributed by atoms with Crippen LogP contribution in [0.15, 0.2) is 12.2 Å². The Morgan fingerprint density at radius 1 is 1.47 bits per heavy atom. The molecule has 0 fully saturated rings. The fourth-order valence-electron chi connectivity index (χ4n) is 1.50. The summed E-state index contributed by atoms with van der Waals surface area (Å²) in [5.41, 5.74) is 5.61. The number of carbonyl (C=O) groups excluding carboxylic acids is 1. The van der Waals surface area contributed by atoms with Crippen molar-refractivity contribution in [3.8, 4) is 0 Å². The van der Waals surface area contributed by atoms with Crippen molar-refractivity contribution in [3.05, 3.63) is 12.2 Å². The van der Waals surface area contributed by atoms with E-state index < -0.39 is 5.97 Å². The van der Waals surface area contributed by atoms with E-state index >= 15 is 0 Å². The number of rotatable bonds is 5. The Morgan fingerprint density at radius 3 is 2.73 bits per heavy atom. The average molecular weight is 212 g/mol. The Bertz CT molecular complexity index is 276. The first-order valence-electron chi connectivity index (χ1n) is 5.03. The zero-order valence-corrected chi connectivity index (χ0v) is 8.48. The number of hydrogen-bond donors (Lipinski definition) is 3. The lowest BCUT2D eigenvalue weighted by molar-refractivity contribution is -0.137. The molecule has 1 aliphatic carbocycles. The van der Waals surface area contributed by atoms with Crippen LogP contribution in [0.2, 0.25) is 0 Å². The van der Waals surface area contributed by atoms with Gasteiger partial charge in [-0.05, 0) is 12.8 Å². The van der Waals surface area contributed by atoms with Gasteiger partial charge in [-0.2, -0.15) is 0 Å². The van der Waals surface area contributed by atoms with E-state index in [9.17, 15) is 9.59 Å². The summed E-state index contributed by atoms with van der Waals surface area (Å²) >= 11 is 0. The van der Waals surface area contributed by atoms with E-state index in [0.29, 0.717) is 19.4 Å². The predicted molar refractivity (Wildman–Crippen MR) is 55.1 cm³/mol. The molecule has 0 aliphatic heterocycles. The fourth-order valence-corrected chi connectivity index (χ4v) is 1.50. The van der Waals surface area contributed by atoms with Gasteiger partial charge in [0, 0.05) is 19.0 Å².